The summed E-state index contributed by atoms with van der Waals surface area (Å²) in [6.07, 6.45) is 14.8. The standard InChI is InChI=1S/C14H29P/c1-13(14(2,3)4)9-12-15(5)10-7-6-8-11-15/h13H,5-12H2,1-4H3. The fourth-order valence-electron chi connectivity index (χ4n) is 2.31. The van der Waals surface area contributed by atoms with Crippen LogP contribution in [-0.4, -0.2) is 24.8 Å². The van der Waals surface area contributed by atoms with Crippen LogP contribution in [-0.2, 0) is 0 Å². The summed E-state index contributed by atoms with van der Waals surface area (Å²) < 4.78 is 0. The van der Waals surface area contributed by atoms with Gasteiger partial charge in [0.15, 0.2) is 0 Å². The Morgan fingerprint density at radius 3 is 2.13 bits per heavy atom. The minimum atomic E-state index is -0.737. The summed E-state index contributed by atoms with van der Waals surface area (Å²) in [4.78, 5) is 0. The second-order valence-electron chi connectivity index (χ2n) is 6.63. The van der Waals surface area contributed by atoms with Crippen LogP contribution in [0.2, 0.25) is 0 Å². The fraction of sp³-hybridized carbons (Fsp3) is 0.929. The van der Waals surface area contributed by atoms with Crippen molar-refractivity contribution in [1.82, 2.24) is 0 Å². The smallest absolute Gasteiger partial charge is 0.0329 e. The summed E-state index contributed by atoms with van der Waals surface area (Å²) in [5.74, 6) is 0.845. The van der Waals surface area contributed by atoms with Crippen LogP contribution in [0.25, 0.3) is 0 Å². The van der Waals surface area contributed by atoms with Crippen LogP contribution in [0.4, 0.5) is 0 Å². The first kappa shape index (κ1) is 13.4. The van der Waals surface area contributed by atoms with Crippen LogP contribution in [0, 0.1) is 11.3 Å². The molecule has 1 atom stereocenters. The van der Waals surface area contributed by atoms with Crippen molar-refractivity contribution in [2.45, 2.75) is 53.4 Å². The molecule has 15 heavy (non-hydrogen) atoms. The van der Waals surface area contributed by atoms with Gasteiger partial charge in [0, 0.05) is 0 Å². The largest absolute Gasteiger partial charge is 0.112 e. The van der Waals surface area contributed by atoms with Crippen molar-refractivity contribution in [1.29, 1.82) is 0 Å². The van der Waals surface area contributed by atoms with Gasteiger partial charge < -0.3 is 0 Å². The highest BCUT2D eigenvalue weighted by atomic mass is 31.2. The average Bonchev–Trinajstić information content (AvgIpc) is 2.14. The van der Waals surface area contributed by atoms with E-state index in [0.29, 0.717) is 5.41 Å². The molecular formula is C14H29P. The summed E-state index contributed by atoms with van der Waals surface area (Å²) in [7, 11) is 0. The maximum absolute atomic E-state index is 4.59. The minimum Gasteiger partial charge on any atom is -0.112 e. The van der Waals surface area contributed by atoms with Crippen LogP contribution in [0.3, 0.4) is 0 Å². The molecule has 0 bridgehead atoms. The molecule has 1 rings (SSSR count). The summed E-state index contributed by atoms with van der Waals surface area (Å²) in [6.45, 7) is 8.78. The van der Waals surface area contributed by atoms with Crippen molar-refractivity contribution in [3.63, 3.8) is 0 Å². The monoisotopic (exact) mass is 228 g/mol. The molecule has 0 aromatic heterocycles. The molecule has 1 fully saturated rings. The van der Waals surface area contributed by atoms with E-state index in [1.165, 1.54) is 44.2 Å². The van der Waals surface area contributed by atoms with E-state index in [0.717, 1.165) is 5.92 Å². The molecular weight excluding hydrogens is 199 g/mol. The third-order valence-corrected chi connectivity index (χ3v) is 8.02. The molecule has 0 nitrogen and oxygen atoms in total. The highest BCUT2D eigenvalue weighted by molar-refractivity contribution is 7.73. The van der Waals surface area contributed by atoms with E-state index in [-0.39, 0.29) is 0 Å². The van der Waals surface area contributed by atoms with Crippen LogP contribution in [0.5, 0.6) is 0 Å². The van der Waals surface area contributed by atoms with Crippen molar-refractivity contribution >= 4 is 13.2 Å². The van der Waals surface area contributed by atoms with Crippen LogP contribution in [0.1, 0.15) is 53.4 Å². The Hall–Kier alpha value is 0.300. The number of hydrogen-bond acceptors (Lipinski definition) is 0. The molecule has 0 aromatic rings. The van der Waals surface area contributed by atoms with E-state index in [1.54, 1.807) is 0 Å². The van der Waals surface area contributed by atoms with Crippen LogP contribution < -0.4 is 0 Å². The van der Waals surface area contributed by atoms with Gasteiger partial charge in [0.05, 0.1) is 0 Å². The zero-order valence-corrected chi connectivity index (χ0v) is 12.1. The molecule has 1 heterocycles. The molecule has 0 spiro atoms. The number of hydrogen-bond donors (Lipinski definition) is 0. The van der Waals surface area contributed by atoms with Crippen molar-refractivity contribution < 1.29 is 0 Å². The van der Waals surface area contributed by atoms with Gasteiger partial charge in [0.2, 0.25) is 0 Å². The lowest BCUT2D eigenvalue weighted by Gasteiger charge is -2.33. The predicted molar refractivity (Wildman–Crippen MR) is 75.7 cm³/mol. The first-order valence-electron chi connectivity index (χ1n) is 6.54. The van der Waals surface area contributed by atoms with Gasteiger partial charge in [-0.2, -0.15) is 0 Å². The van der Waals surface area contributed by atoms with Gasteiger partial charge in [-0.1, -0.05) is 34.1 Å². The molecule has 1 aliphatic heterocycles. The van der Waals surface area contributed by atoms with E-state index in [2.05, 4.69) is 34.0 Å². The Morgan fingerprint density at radius 2 is 1.67 bits per heavy atom. The minimum absolute atomic E-state index is 0.481. The van der Waals surface area contributed by atoms with Crippen LogP contribution >= 0.6 is 6.89 Å². The topological polar surface area (TPSA) is 0 Å². The van der Waals surface area contributed by atoms with Gasteiger partial charge in [-0.25, -0.2) is 0 Å². The lowest BCUT2D eigenvalue weighted by molar-refractivity contribution is 0.255. The lowest BCUT2D eigenvalue weighted by Crippen LogP contribution is -2.19. The van der Waals surface area contributed by atoms with Crippen LogP contribution in [0.15, 0.2) is 0 Å². The summed E-state index contributed by atoms with van der Waals surface area (Å²) >= 11 is 0. The van der Waals surface area contributed by atoms with Gasteiger partial charge in [0.25, 0.3) is 0 Å². The Bertz CT molecular complexity index is 224. The zero-order chi connectivity index (χ0) is 11.5. The average molecular weight is 228 g/mol. The maximum atomic E-state index is 4.59. The molecule has 0 aromatic carbocycles. The second-order valence-corrected chi connectivity index (χ2v) is 10.7. The van der Waals surface area contributed by atoms with E-state index >= 15 is 0 Å². The van der Waals surface area contributed by atoms with E-state index in [4.69, 9.17) is 0 Å². The predicted octanol–water partition coefficient (Wildman–Crippen LogP) is 4.69. The summed E-state index contributed by atoms with van der Waals surface area (Å²) in [5.41, 5.74) is 0.481. The fourth-order valence-corrected chi connectivity index (χ4v) is 5.70. The Balaban J connectivity index is 2.39. The molecule has 0 N–H and O–H groups in total. The SMILES string of the molecule is C=P1(CCC(C)C(C)(C)C)CCCCC1. The molecule has 1 saturated heterocycles. The third kappa shape index (κ3) is 4.35. The van der Waals surface area contributed by atoms with Gasteiger partial charge in [0.1, 0.15) is 0 Å². The molecule has 0 saturated carbocycles. The van der Waals surface area contributed by atoms with Gasteiger partial charge in [-0.05, 0) is 49.1 Å². The Morgan fingerprint density at radius 1 is 1.13 bits per heavy atom. The van der Waals surface area contributed by atoms with Gasteiger partial charge in [-0.15, -0.1) is 13.2 Å². The highest BCUT2D eigenvalue weighted by Crippen LogP contribution is 2.51. The Labute approximate surface area is 96.8 Å². The van der Waals surface area contributed by atoms with E-state index < -0.39 is 6.89 Å². The van der Waals surface area contributed by atoms with Crippen molar-refractivity contribution in [3.8, 4) is 0 Å². The van der Waals surface area contributed by atoms with Crippen molar-refractivity contribution in [2.24, 2.45) is 11.3 Å². The third-order valence-electron chi connectivity index (χ3n) is 4.28. The number of rotatable bonds is 3. The normalized spacial score (nSPS) is 23.7. The zero-order valence-electron chi connectivity index (χ0n) is 11.2. The summed E-state index contributed by atoms with van der Waals surface area (Å²) in [6, 6.07) is 0. The first-order valence-corrected chi connectivity index (χ1v) is 9.07. The molecule has 0 aliphatic carbocycles. The maximum Gasteiger partial charge on any atom is -0.0329 e. The van der Waals surface area contributed by atoms with Gasteiger partial charge in [-0.3, -0.25) is 0 Å². The van der Waals surface area contributed by atoms with E-state index in [1.807, 2.05) is 0 Å². The molecule has 1 aliphatic rings. The molecule has 90 valence electrons. The molecule has 0 radical (unpaired) electrons. The second kappa shape index (κ2) is 5.09. The first-order chi connectivity index (χ1) is 6.83. The van der Waals surface area contributed by atoms with E-state index in [9.17, 15) is 0 Å². The molecule has 0 amide bonds. The quantitative estimate of drug-likeness (QED) is 0.615. The highest BCUT2D eigenvalue weighted by Gasteiger charge is 2.23. The van der Waals surface area contributed by atoms with Gasteiger partial charge >= 0.3 is 0 Å². The van der Waals surface area contributed by atoms with Crippen molar-refractivity contribution in [2.75, 3.05) is 18.5 Å². The lowest BCUT2D eigenvalue weighted by atomic mass is 9.81. The molecule has 1 unspecified atom stereocenters. The summed E-state index contributed by atoms with van der Waals surface area (Å²) in [5, 5.41) is 0. The molecule has 1 heteroatoms. The Kier molecular flexibility index (Phi) is 4.53. The van der Waals surface area contributed by atoms with Crippen molar-refractivity contribution in [3.05, 3.63) is 0 Å².